The molecule has 4 heteroatoms. The highest BCUT2D eigenvalue weighted by atomic mass is 16.5. The van der Waals surface area contributed by atoms with Gasteiger partial charge in [-0.25, -0.2) is 9.97 Å². The van der Waals surface area contributed by atoms with Crippen molar-refractivity contribution in [3.05, 3.63) is 17.1 Å². The SMILES string of the molecule is CCOC1(c2nc(C)c(C)c(N)n2)CCC(C)CC1. The van der Waals surface area contributed by atoms with Gasteiger partial charge in [0.15, 0.2) is 5.82 Å². The van der Waals surface area contributed by atoms with Gasteiger partial charge in [0, 0.05) is 17.9 Å². The minimum atomic E-state index is -0.326. The first-order valence-electron chi connectivity index (χ1n) is 7.23. The van der Waals surface area contributed by atoms with E-state index < -0.39 is 0 Å². The topological polar surface area (TPSA) is 61.0 Å². The summed E-state index contributed by atoms with van der Waals surface area (Å²) in [7, 11) is 0. The number of nitrogens with zero attached hydrogens (tertiary/aromatic N) is 2. The van der Waals surface area contributed by atoms with Gasteiger partial charge in [0.1, 0.15) is 11.4 Å². The number of aromatic nitrogens is 2. The molecular formula is C15H25N3O. The molecule has 2 rings (SSSR count). The Labute approximate surface area is 115 Å². The second-order valence-corrected chi connectivity index (χ2v) is 5.75. The molecule has 1 aliphatic carbocycles. The zero-order valence-corrected chi connectivity index (χ0v) is 12.5. The summed E-state index contributed by atoms with van der Waals surface area (Å²) in [5.74, 6) is 2.12. The van der Waals surface area contributed by atoms with Gasteiger partial charge in [0.2, 0.25) is 0 Å². The van der Waals surface area contributed by atoms with Crippen LogP contribution >= 0.6 is 0 Å². The highest BCUT2D eigenvalue weighted by molar-refractivity contribution is 5.41. The Morgan fingerprint density at radius 3 is 2.42 bits per heavy atom. The van der Waals surface area contributed by atoms with Crippen molar-refractivity contribution in [2.45, 2.75) is 59.0 Å². The third-order valence-electron chi connectivity index (χ3n) is 4.34. The second-order valence-electron chi connectivity index (χ2n) is 5.75. The van der Waals surface area contributed by atoms with Crippen LogP contribution in [0.15, 0.2) is 0 Å². The molecule has 1 fully saturated rings. The normalized spacial score (nSPS) is 27.5. The zero-order chi connectivity index (χ0) is 14.0. The molecule has 1 heterocycles. The Balaban J connectivity index is 2.39. The van der Waals surface area contributed by atoms with Crippen molar-refractivity contribution >= 4 is 5.82 Å². The van der Waals surface area contributed by atoms with Crippen molar-refractivity contribution < 1.29 is 4.74 Å². The molecule has 106 valence electrons. The summed E-state index contributed by atoms with van der Waals surface area (Å²) in [6.45, 7) is 8.97. The molecule has 0 saturated heterocycles. The van der Waals surface area contributed by atoms with Crippen molar-refractivity contribution in [1.82, 2.24) is 9.97 Å². The van der Waals surface area contributed by atoms with Gasteiger partial charge in [-0.1, -0.05) is 6.92 Å². The van der Waals surface area contributed by atoms with Gasteiger partial charge in [0.25, 0.3) is 0 Å². The van der Waals surface area contributed by atoms with E-state index in [9.17, 15) is 0 Å². The summed E-state index contributed by atoms with van der Waals surface area (Å²) in [6.07, 6.45) is 4.31. The maximum Gasteiger partial charge on any atom is 0.162 e. The molecule has 0 amide bonds. The number of nitrogen functional groups attached to an aromatic ring is 1. The number of hydrogen-bond acceptors (Lipinski definition) is 4. The monoisotopic (exact) mass is 263 g/mol. The molecule has 1 saturated carbocycles. The quantitative estimate of drug-likeness (QED) is 0.910. The molecule has 2 N–H and O–H groups in total. The highest BCUT2D eigenvalue weighted by Crippen LogP contribution is 2.41. The molecule has 0 unspecified atom stereocenters. The molecule has 1 aromatic rings. The Bertz CT molecular complexity index is 428. The molecule has 0 atom stereocenters. The Morgan fingerprint density at radius 1 is 1.26 bits per heavy atom. The largest absolute Gasteiger partial charge is 0.383 e. The molecule has 0 aliphatic heterocycles. The molecule has 1 aromatic heterocycles. The number of nitrogens with two attached hydrogens (primary N) is 1. The Kier molecular flexibility index (Phi) is 4.09. The lowest BCUT2D eigenvalue weighted by molar-refractivity contribution is -0.0837. The lowest BCUT2D eigenvalue weighted by Gasteiger charge is -2.38. The Morgan fingerprint density at radius 2 is 1.89 bits per heavy atom. The fourth-order valence-electron chi connectivity index (χ4n) is 2.79. The van der Waals surface area contributed by atoms with Crippen LogP contribution in [0.3, 0.4) is 0 Å². The molecular weight excluding hydrogens is 238 g/mol. The van der Waals surface area contributed by atoms with Crippen LogP contribution in [0.1, 0.15) is 56.6 Å². The average molecular weight is 263 g/mol. The predicted octanol–water partition coefficient (Wildman–Crippen LogP) is 3.12. The summed E-state index contributed by atoms with van der Waals surface area (Å²) in [4.78, 5) is 9.17. The van der Waals surface area contributed by atoms with E-state index in [1.807, 2.05) is 20.8 Å². The fourth-order valence-corrected chi connectivity index (χ4v) is 2.79. The van der Waals surface area contributed by atoms with Gasteiger partial charge in [0.05, 0.1) is 0 Å². The van der Waals surface area contributed by atoms with E-state index in [0.29, 0.717) is 12.4 Å². The van der Waals surface area contributed by atoms with Crippen LogP contribution in [0.25, 0.3) is 0 Å². The van der Waals surface area contributed by atoms with Crippen molar-refractivity contribution in [3.63, 3.8) is 0 Å². The van der Waals surface area contributed by atoms with Crippen molar-refractivity contribution in [2.24, 2.45) is 5.92 Å². The Hall–Kier alpha value is -1.16. The molecule has 4 nitrogen and oxygen atoms in total. The van der Waals surface area contributed by atoms with Crippen LogP contribution in [-0.4, -0.2) is 16.6 Å². The zero-order valence-electron chi connectivity index (χ0n) is 12.5. The number of rotatable bonds is 3. The molecule has 0 bridgehead atoms. The van der Waals surface area contributed by atoms with Gasteiger partial charge in [-0.2, -0.15) is 0 Å². The van der Waals surface area contributed by atoms with E-state index in [1.165, 1.54) is 0 Å². The van der Waals surface area contributed by atoms with Gasteiger partial charge in [-0.3, -0.25) is 0 Å². The first-order chi connectivity index (χ1) is 8.98. The lowest BCUT2D eigenvalue weighted by Crippen LogP contribution is -2.36. The fraction of sp³-hybridized carbons (Fsp3) is 0.733. The standard InChI is InChI=1S/C15H25N3O/c1-5-19-15(8-6-10(2)7-9-15)14-17-12(4)11(3)13(16)18-14/h10H,5-9H2,1-4H3,(H2,16,17,18). The number of ether oxygens (including phenoxy) is 1. The smallest absolute Gasteiger partial charge is 0.162 e. The van der Waals surface area contributed by atoms with E-state index in [2.05, 4.69) is 16.9 Å². The molecule has 19 heavy (non-hydrogen) atoms. The second kappa shape index (κ2) is 5.45. The summed E-state index contributed by atoms with van der Waals surface area (Å²) < 4.78 is 6.07. The maximum absolute atomic E-state index is 6.07. The van der Waals surface area contributed by atoms with Gasteiger partial charge in [-0.15, -0.1) is 0 Å². The third kappa shape index (κ3) is 2.73. The first-order valence-corrected chi connectivity index (χ1v) is 7.23. The third-order valence-corrected chi connectivity index (χ3v) is 4.34. The van der Waals surface area contributed by atoms with Gasteiger partial charge < -0.3 is 10.5 Å². The summed E-state index contributed by atoms with van der Waals surface area (Å²) >= 11 is 0. The summed E-state index contributed by atoms with van der Waals surface area (Å²) in [6, 6.07) is 0. The van der Waals surface area contributed by atoms with Crippen molar-refractivity contribution in [3.8, 4) is 0 Å². The highest BCUT2D eigenvalue weighted by Gasteiger charge is 2.39. The molecule has 0 spiro atoms. The van der Waals surface area contributed by atoms with Crippen LogP contribution in [0.5, 0.6) is 0 Å². The van der Waals surface area contributed by atoms with E-state index >= 15 is 0 Å². The van der Waals surface area contributed by atoms with Crippen molar-refractivity contribution in [2.75, 3.05) is 12.3 Å². The number of anilines is 1. The predicted molar refractivity (Wildman–Crippen MR) is 76.9 cm³/mol. The van der Waals surface area contributed by atoms with Crippen LogP contribution in [0, 0.1) is 19.8 Å². The average Bonchev–Trinajstić information content (AvgIpc) is 2.38. The molecule has 1 aliphatic rings. The summed E-state index contributed by atoms with van der Waals surface area (Å²) in [5, 5.41) is 0. The molecule has 0 aromatic carbocycles. The minimum absolute atomic E-state index is 0.326. The number of aryl methyl sites for hydroxylation is 1. The first kappa shape index (κ1) is 14.3. The summed E-state index contributed by atoms with van der Waals surface area (Å²) in [5.41, 5.74) is 7.61. The van der Waals surface area contributed by atoms with E-state index in [1.54, 1.807) is 0 Å². The van der Waals surface area contributed by atoms with Crippen LogP contribution in [0.2, 0.25) is 0 Å². The van der Waals surface area contributed by atoms with Crippen LogP contribution in [0.4, 0.5) is 5.82 Å². The van der Waals surface area contributed by atoms with Crippen LogP contribution < -0.4 is 5.73 Å². The van der Waals surface area contributed by atoms with Crippen molar-refractivity contribution in [1.29, 1.82) is 0 Å². The van der Waals surface area contributed by atoms with Crippen LogP contribution in [-0.2, 0) is 10.3 Å². The maximum atomic E-state index is 6.07. The van der Waals surface area contributed by atoms with E-state index in [4.69, 9.17) is 10.5 Å². The van der Waals surface area contributed by atoms with Gasteiger partial charge in [-0.05, 0) is 52.4 Å². The minimum Gasteiger partial charge on any atom is -0.383 e. The lowest BCUT2D eigenvalue weighted by atomic mass is 9.78. The van der Waals surface area contributed by atoms with E-state index in [0.717, 1.165) is 48.7 Å². The number of hydrogen-bond donors (Lipinski definition) is 1. The molecule has 0 radical (unpaired) electrons. The van der Waals surface area contributed by atoms with Gasteiger partial charge >= 0.3 is 0 Å². The van der Waals surface area contributed by atoms with E-state index in [-0.39, 0.29) is 5.60 Å².